The van der Waals surface area contributed by atoms with Crippen LogP contribution in [0.5, 0.6) is 0 Å². The minimum absolute atomic E-state index is 0.250. The number of aliphatic hydroxyl groups is 1. The third-order valence-electron chi connectivity index (χ3n) is 1.88. The quantitative estimate of drug-likeness (QED) is 0.373. The van der Waals surface area contributed by atoms with Gasteiger partial charge in [-0.1, -0.05) is 7.92 Å². The smallest absolute Gasteiger partial charge is 0.309 e. The van der Waals surface area contributed by atoms with E-state index in [9.17, 15) is 9.90 Å². The van der Waals surface area contributed by atoms with Gasteiger partial charge in [0.05, 0.1) is 19.9 Å². The van der Waals surface area contributed by atoms with Crippen LogP contribution in [0, 0.1) is 0 Å². The van der Waals surface area contributed by atoms with Crippen LogP contribution in [0.1, 0.15) is 0 Å². The van der Waals surface area contributed by atoms with Gasteiger partial charge < -0.3 is 19.3 Å². The van der Waals surface area contributed by atoms with Gasteiger partial charge in [0.2, 0.25) is 0 Å². The molecule has 0 spiro atoms. The van der Waals surface area contributed by atoms with Crippen LogP contribution in [0.25, 0.3) is 0 Å². The maximum atomic E-state index is 11.1. The molecule has 6 heteroatoms. The third kappa shape index (κ3) is 7.68. The molecule has 0 heterocycles. The number of carbonyl (C=O) groups is 1. The Balaban J connectivity index is 3.99. The standard InChI is InChI=1S/C9H19O5P/c1-12-4-5-15(6-8(10)13-2)7-9(11)14-3/h8,10H,4-7H2,1-3H3. The van der Waals surface area contributed by atoms with Gasteiger partial charge in [0.15, 0.2) is 6.29 Å². The molecule has 0 aromatic carbocycles. The highest BCUT2D eigenvalue weighted by atomic mass is 31.1. The van der Waals surface area contributed by atoms with Gasteiger partial charge in [-0.15, -0.1) is 0 Å². The zero-order chi connectivity index (χ0) is 11.7. The maximum Gasteiger partial charge on any atom is 0.309 e. The summed E-state index contributed by atoms with van der Waals surface area (Å²) in [4.78, 5) is 11.1. The largest absolute Gasteiger partial charge is 0.469 e. The Morgan fingerprint density at radius 1 is 1.40 bits per heavy atom. The molecule has 2 unspecified atom stereocenters. The van der Waals surface area contributed by atoms with Crippen molar-refractivity contribution >= 4 is 13.9 Å². The third-order valence-corrected chi connectivity index (χ3v) is 4.23. The predicted molar refractivity (Wildman–Crippen MR) is 58.4 cm³/mol. The van der Waals surface area contributed by atoms with E-state index >= 15 is 0 Å². The van der Waals surface area contributed by atoms with Gasteiger partial charge in [-0.3, -0.25) is 4.79 Å². The van der Waals surface area contributed by atoms with E-state index in [0.29, 0.717) is 18.9 Å². The Bertz CT molecular complexity index is 176. The Hall–Kier alpha value is -0.220. The zero-order valence-electron chi connectivity index (χ0n) is 9.43. The first-order valence-corrected chi connectivity index (χ1v) is 6.52. The lowest BCUT2D eigenvalue weighted by Gasteiger charge is -2.18. The van der Waals surface area contributed by atoms with E-state index in [1.807, 2.05) is 0 Å². The van der Waals surface area contributed by atoms with Crippen LogP contribution >= 0.6 is 7.92 Å². The van der Waals surface area contributed by atoms with Crippen LogP contribution in [-0.2, 0) is 19.0 Å². The number of aliphatic hydroxyl groups excluding tert-OH is 1. The van der Waals surface area contributed by atoms with Crippen molar-refractivity contribution in [2.45, 2.75) is 6.29 Å². The van der Waals surface area contributed by atoms with E-state index in [1.165, 1.54) is 14.2 Å². The summed E-state index contributed by atoms with van der Waals surface area (Å²) in [6, 6.07) is 0. The van der Waals surface area contributed by atoms with Crippen LogP contribution in [0.15, 0.2) is 0 Å². The molecule has 0 saturated carbocycles. The second-order valence-electron chi connectivity index (χ2n) is 2.99. The fourth-order valence-corrected chi connectivity index (χ4v) is 2.99. The summed E-state index contributed by atoms with van der Waals surface area (Å²) in [6.07, 6.45) is 0.777. The van der Waals surface area contributed by atoms with E-state index in [2.05, 4.69) is 4.74 Å². The van der Waals surface area contributed by atoms with E-state index in [-0.39, 0.29) is 5.97 Å². The van der Waals surface area contributed by atoms with Gasteiger partial charge in [-0.2, -0.15) is 0 Å². The topological polar surface area (TPSA) is 65.0 Å². The summed E-state index contributed by atoms with van der Waals surface area (Å²) in [7, 11) is 3.78. The van der Waals surface area contributed by atoms with Crippen LogP contribution in [0.4, 0.5) is 0 Å². The van der Waals surface area contributed by atoms with Gasteiger partial charge in [-0.05, 0) is 6.16 Å². The first kappa shape index (κ1) is 14.8. The number of carbonyl (C=O) groups excluding carboxylic acids is 1. The summed E-state index contributed by atoms with van der Waals surface area (Å²) in [5.41, 5.74) is 0. The number of rotatable bonds is 8. The molecule has 0 aromatic heterocycles. The van der Waals surface area contributed by atoms with Crippen LogP contribution in [0.2, 0.25) is 0 Å². The molecule has 15 heavy (non-hydrogen) atoms. The minimum atomic E-state index is -0.808. The molecule has 0 bridgehead atoms. The summed E-state index contributed by atoms with van der Waals surface area (Å²) >= 11 is 0. The summed E-state index contributed by atoms with van der Waals surface area (Å²) in [5, 5.41) is 9.31. The number of methoxy groups -OCH3 is 3. The van der Waals surface area contributed by atoms with Crippen molar-refractivity contribution in [3.63, 3.8) is 0 Å². The van der Waals surface area contributed by atoms with E-state index < -0.39 is 14.2 Å². The molecule has 0 aliphatic heterocycles. The highest BCUT2D eigenvalue weighted by molar-refractivity contribution is 7.58. The van der Waals surface area contributed by atoms with Crippen LogP contribution in [-0.4, -0.2) is 63.8 Å². The number of hydrogen-bond donors (Lipinski definition) is 1. The van der Waals surface area contributed by atoms with Crippen LogP contribution < -0.4 is 0 Å². The maximum absolute atomic E-state index is 11.1. The predicted octanol–water partition coefficient (Wildman–Crippen LogP) is 0.253. The molecule has 2 atom stereocenters. The van der Waals surface area contributed by atoms with E-state index in [1.54, 1.807) is 7.11 Å². The van der Waals surface area contributed by atoms with E-state index in [0.717, 1.165) is 6.16 Å². The van der Waals surface area contributed by atoms with Gasteiger partial charge in [0, 0.05) is 20.4 Å². The zero-order valence-corrected chi connectivity index (χ0v) is 10.3. The van der Waals surface area contributed by atoms with Crippen molar-refractivity contribution in [3.8, 4) is 0 Å². The second-order valence-corrected chi connectivity index (χ2v) is 5.46. The van der Waals surface area contributed by atoms with Gasteiger partial charge >= 0.3 is 5.97 Å². The lowest BCUT2D eigenvalue weighted by Crippen LogP contribution is -2.19. The Morgan fingerprint density at radius 2 is 2.07 bits per heavy atom. The van der Waals surface area contributed by atoms with Crippen molar-refractivity contribution < 1.29 is 24.1 Å². The van der Waals surface area contributed by atoms with Gasteiger partial charge in [-0.25, -0.2) is 0 Å². The molecule has 0 radical (unpaired) electrons. The molecule has 0 aromatic rings. The first-order valence-electron chi connectivity index (χ1n) is 4.63. The molecule has 0 saturated heterocycles. The monoisotopic (exact) mass is 238 g/mol. The molecular formula is C9H19O5P. The van der Waals surface area contributed by atoms with Crippen LogP contribution in [0.3, 0.4) is 0 Å². The normalized spacial score (nSPS) is 14.7. The average molecular weight is 238 g/mol. The molecule has 5 nitrogen and oxygen atoms in total. The van der Waals surface area contributed by atoms with Crippen molar-refractivity contribution in [2.75, 3.05) is 46.4 Å². The Labute approximate surface area is 91.5 Å². The summed E-state index contributed by atoms with van der Waals surface area (Å²) in [5.74, 6) is -0.250. The molecule has 0 amide bonds. The van der Waals surface area contributed by atoms with Crippen molar-refractivity contribution in [2.24, 2.45) is 0 Å². The molecule has 0 aliphatic carbocycles. The number of ether oxygens (including phenoxy) is 3. The highest BCUT2D eigenvalue weighted by Crippen LogP contribution is 2.35. The fourth-order valence-electron chi connectivity index (χ4n) is 0.998. The lowest BCUT2D eigenvalue weighted by molar-refractivity contribution is -0.137. The van der Waals surface area contributed by atoms with Crippen molar-refractivity contribution in [3.05, 3.63) is 0 Å². The van der Waals surface area contributed by atoms with E-state index in [4.69, 9.17) is 9.47 Å². The van der Waals surface area contributed by atoms with Crippen molar-refractivity contribution in [1.82, 2.24) is 0 Å². The summed E-state index contributed by atoms with van der Waals surface area (Å²) in [6.45, 7) is 0.582. The number of hydrogen-bond acceptors (Lipinski definition) is 5. The van der Waals surface area contributed by atoms with Gasteiger partial charge in [0.1, 0.15) is 0 Å². The molecular weight excluding hydrogens is 219 g/mol. The first-order chi connectivity index (χ1) is 7.13. The Morgan fingerprint density at radius 3 is 2.53 bits per heavy atom. The SMILES string of the molecule is COCCP(CC(=O)OC)CC(O)OC. The molecule has 90 valence electrons. The minimum Gasteiger partial charge on any atom is -0.469 e. The lowest BCUT2D eigenvalue weighted by atomic mass is 10.7. The molecule has 0 aliphatic rings. The Kier molecular flexibility index (Phi) is 8.91. The van der Waals surface area contributed by atoms with Crippen molar-refractivity contribution in [1.29, 1.82) is 0 Å². The number of esters is 1. The highest BCUT2D eigenvalue weighted by Gasteiger charge is 2.17. The summed E-state index contributed by atoms with van der Waals surface area (Å²) < 4.78 is 14.3. The molecule has 0 fully saturated rings. The second kappa shape index (κ2) is 9.04. The molecule has 1 N–H and O–H groups in total. The van der Waals surface area contributed by atoms with Gasteiger partial charge in [0.25, 0.3) is 0 Å². The molecule has 0 rings (SSSR count). The fraction of sp³-hybridized carbons (Fsp3) is 0.889. The average Bonchev–Trinajstić information content (AvgIpc) is 2.25.